The average molecular weight is 399 g/mol. The molecule has 0 saturated heterocycles. The third kappa shape index (κ3) is 3.67. The van der Waals surface area contributed by atoms with E-state index in [1.165, 1.54) is 35.4 Å². The number of hydrogen-bond donors (Lipinski definition) is 1. The van der Waals surface area contributed by atoms with Gasteiger partial charge in [-0.25, -0.2) is 13.4 Å². The van der Waals surface area contributed by atoms with Gasteiger partial charge in [-0.3, -0.25) is 4.98 Å². The fraction of sp³-hybridized carbons (Fsp3) is 0.294. The second kappa shape index (κ2) is 6.31. The number of aromatic nitrogens is 1. The predicted octanol–water partition coefficient (Wildman–Crippen LogP) is 2.31. The fourth-order valence-electron chi connectivity index (χ4n) is 2.66. The van der Waals surface area contributed by atoms with Crippen LogP contribution in [-0.2, 0) is 9.84 Å². The lowest BCUT2D eigenvalue weighted by Crippen LogP contribution is -2.47. The van der Waals surface area contributed by atoms with E-state index in [0.29, 0.717) is 0 Å². The summed E-state index contributed by atoms with van der Waals surface area (Å²) in [5.41, 5.74) is -2.10. The molecule has 0 fully saturated rings. The summed E-state index contributed by atoms with van der Waals surface area (Å²) in [6, 6.07) is 8.54. The van der Waals surface area contributed by atoms with Crippen LogP contribution in [0.15, 0.2) is 52.5 Å². The summed E-state index contributed by atoms with van der Waals surface area (Å²) >= 11 is 0. The van der Waals surface area contributed by atoms with Gasteiger partial charge >= 0.3 is 6.18 Å². The third-order valence-electron chi connectivity index (χ3n) is 4.10. The zero-order chi connectivity index (χ0) is 20.0. The molecule has 0 radical (unpaired) electrons. The van der Waals surface area contributed by atoms with Crippen molar-refractivity contribution in [2.24, 2.45) is 4.99 Å². The first-order chi connectivity index (χ1) is 12.4. The quantitative estimate of drug-likeness (QED) is 0.857. The second-order valence-corrected chi connectivity index (χ2v) is 8.34. The molecule has 6 nitrogen and oxygen atoms in total. The van der Waals surface area contributed by atoms with E-state index in [-0.39, 0.29) is 22.1 Å². The van der Waals surface area contributed by atoms with Crippen LogP contribution < -0.4 is 4.90 Å². The van der Waals surface area contributed by atoms with Crippen LogP contribution in [0.5, 0.6) is 0 Å². The van der Waals surface area contributed by atoms with E-state index >= 15 is 0 Å². The zero-order valence-corrected chi connectivity index (χ0v) is 15.2. The van der Waals surface area contributed by atoms with Gasteiger partial charge in [0.1, 0.15) is 5.69 Å². The van der Waals surface area contributed by atoms with E-state index in [1.54, 1.807) is 19.1 Å². The number of aliphatic imine (C=N–C) groups is 1. The van der Waals surface area contributed by atoms with Crippen LogP contribution in [0.3, 0.4) is 0 Å². The molecule has 27 heavy (non-hydrogen) atoms. The van der Waals surface area contributed by atoms with Crippen LogP contribution in [0.2, 0.25) is 0 Å². The van der Waals surface area contributed by atoms with Crippen LogP contribution in [0.1, 0.15) is 11.3 Å². The Morgan fingerprint density at radius 3 is 2.33 bits per heavy atom. The number of aliphatic hydroxyl groups is 1. The molecule has 1 aromatic carbocycles. The van der Waals surface area contributed by atoms with Crippen molar-refractivity contribution in [2.75, 3.05) is 17.7 Å². The fourth-order valence-corrected chi connectivity index (χ4v) is 3.29. The van der Waals surface area contributed by atoms with E-state index < -0.39 is 28.3 Å². The Morgan fingerprint density at radius 1 is 1.19 bits per heavy atom. The minimum Gasteiger partial charge on any atom is -0.361 e. The monoisotopic (exact) mass is 399 g/mol. The molecule has 0 amide bonds. The minimum atomic E-state index is -4.98. The Kier molecular flexibility index (Phi) is 4.51. The van der Waals surface area contributed by atoms with Crippen molar-refractivity contribution in [3.8, 4) is 0 Å². The minimum absolute atomic E-state index is 0.0312. The molecule has 10 heteroatoms. The van der Waals surface area contributed by atoms with Crippen molar-refractivity contribution in [1.29, 1.82) is 0 Å². The number of pyridine rings is 1. The van der Waals surface area contributed by atoms with Crippen molar-refractivity contribution < 1.29 is 26.7 Å². The van der Waals surface area contributed by atoms with Crippen LogP contribution in [-0.4, -0.2) is 49.0 Å². The lowest BCUT2D eigenvalue weighted by molar-refractivity contribution is -0.249. The number of benzene rings is 1. The molecular weight excluding hydrogens is 383 g/mol. The Balaban J connectivity index is 2.09. The molecule has 1 atom stereocenters. The maximum absolute atomic E-state index is 13.3. The number of hydrogen-bond acceptors (Lipinski definition) is 6. The molecule has 0 aliphatic carbocycles. The number of aryl methyl sites for hydroxylation is 1. The molecule has 1 aliphatic heterocycles. The van der Waals surface area contributed by atoms with Gasteiger partial charge in [0.05, 0.1) is 11.4 Å². The highest BCUT2D eigenvalue weighted by Gasteiger charge is 2.59. The van der Waals surface area contributed by atoms with E-state index in [1.807, 2.05) is 0 Å². The topological polar surface area (TPSA) is 82.9 Å². The molecule has 1 N–H and O–H groups in total. The Labute approximate surface area is 153 Å². The highest BCUT2D eigenvalue weighted by molar-refractivity contribution is 7.90. The molecule has 0 spiro atoms. The number of rotatable bonds is 3. The molecule has 0 saturated carbocycles. The first-order valence-corrected chi connectivity index (χ1v) is 9.69. The lowest BCUT2D eigenvalue weighted by Gasteiger charge is -2.25. The predicted molar refractivity (Wildman–Crippen MR) is 93.4 cm³/mol. The molecule has 2 heterocycles. The van der Waals surface area contributed by atoms with E-state index in [2.05, 4.69) is 9.98 Å². The summed E-state index contributed by atoms with van der Waals surface area (Å²) in [6.45, 7) is 0.890. The number of halogens is 3. The number of nitrogens with zero attached hydrogens (tertiary/aromatic N) is 3. The highest BCUT2D eigenvalue weighted by atomic mass is 32.2. The SMILES string of the molecule is Cc1ccnc(C2=NC(O)(C(F)(F)F)CN2c2ccc(S(C)(=O)=O)cc2)c1. The average Bonchev–Trinajstić information content (AvgIpc) is 2.93. The first-order valence-electron chi connectivity index (χ1n) is 7.80. The number of β-amino-alcohol motifs (C(OH)–C–C–N with tert-alkyl or cyclic N) is 1. The first kappa shape index (κ1) is 19.3. The second-order valence-electron chi connectivity index (χ2n) is 6.32. The van der Waals surface area contributed by atoms with Crippen molar-refractivity contribution in [1.82, 2.24) is 4.98 Å². The zero-order valence-electron chi connectivity index (χ0n) is 14.4. The van der Waals surface area contributed by atoms with Gasteiger partial charge in [-0.05, 0) is 48.9 Å². The van der Waals surface area contributed by atoms with Crippen molar-refractivity contribution in [2.45, 2.75) is 23.7 Å². The van der Waals surface area contributed by atoms with Gasteiger partial charge < -0.3 is 10.0 Å². The van der Waals surface area contributed by atoms with Gasteiger partial charge in [-0.15, -0.1) is 0 Å². The largest absolute Gasteiger partial charge is 0.440 e. The Morgan fingerprint density at radius 2 is 1.81 bits per heavy atom. The van der Waals surface area contributed by atoms with Gasteiger partial charge in [0.2, 0.25) is 0 Å². The van der Waals surface area contributed by atoms with E-state index in [0.717, 1.165) is 11.8 Å². The number of sulfone groups is 1. The summed E-state index contributed by atoms with van der Waals surface area (Å²) in [4.78, 5) is 8.78. The van der Waals surface area contributed by atoms with E-state index in [4.69, 9.17) is 0 Å². The molecular formula is C17H16F3N3O3S. The third-order valence-corrected chi connectivity index (χ3v) is 5.23. The smallest absolute Gasteiger partial charge is 0.361 e. The molecule has 144 valence electrons. The number of anilines is 1. The normalized spacial score (nSPS) is 20.7. The van der Waals surface area contributed by atoms with Gasteiger partial charge in [0, 0.05) is 18.1 Å². The number of alkyl halides is 3. The van der Waals surface area contributed by atoms with Gasteiger partial charge in [0.25, 0.3) is 5.72 Å². The maximum atomic E-state index is 13.3. The highest BCUT2D eigenvalue weighted by Crippen LogP contribution is 2.38. The maximum Gasteiger partial charge on any atom is 0.440 e. The standard InChI is InChI=1S/C17H16F3N3O3S/c1-11-7-8-21-14(9-11)15-22-16(24,17(18,19)20)10-23(15)12-3-5-13(6-4-12)27(2,25)26/h3-9,24H,10H2,1-2H3. The summed E-state index contributed by atoms with van der Waals surface area (Å²) in [5.74, 6) is -0.148. The summed E-state index contributed by atoms with van der Waals surface area (Å²) in [6.07, 6.45) is -2.52. The van der Waals surface area contributed by atoms with E-state index in [9.17, 15) is 26.7 Å². The Bertz CT molecular complexity index is 1000. The lowest BCUT2D eigenvalue weighted by atomic mass is 10.2. The summed E-state index contributed by atoms with van der Waals surface area (Å²) in [7, 11) is -3.45. The summed E-state index contributed by atoms with van der Waals surface area (Å²) in [5, 5.41) is 10.1. The Hall–Kier alpha value is -2.46. The molecule has 1 aliphatic rings. The van der Waals surface area contributed by atoms with Gasteiger partial charge in [0.15, 0.2) is 15.7 Å². The van der Waals surface area contributed by atoms with Crippen LogP contribution in [0.4, 0.5) is 18.9 Å². The van der Waals surface area contributed by atoms with Crippen molar-refractivity contribution >= 4 is 21.4 Å². The summed E-state index contributed by atoms with van der Waals surface area (Å²) < 4.78 is 63.2. The van der Waals surface area contributed by atoms with Crippen LogP contribution in [0, 0.1) is 6.92 Å². The van der Waals surface area contributed by atoms with Crippen LogP contribution in [0.25, 0.3) is 0 Å². The van der Waals surface area contributed by atoms with Crippen molar-refractivity contribution in [3.05, 3.63) is 53.9 Å². The molecule has 0 bridgehead atoms. The molecule has 1 unspecified atom stereocenters. The van der Waals surface area contributed by atoms with Crippen molar-refractivity contribution in [3.63, 3.8) is 0 Å². The molecule has 3 rings (SSSR count). The number of amidine groups is 1. The molecule has 2 aromatic rings. The van der Waals surface area contributed by atoms with Gasteiger partial charge in [-0.1, -0.05) is 0 Å². The molecule has 1 aromatic heterocycles. The van der Waals surface area contributed by atoms with Gasteiger partial charge in [-0.2, -0.15) is 13.2 Å². The van der Waals surface area contributed by atoms with Crippen LogP contribution >= 0.6 is 0 Å².